The van der Waals surface area contributed by atoms with Crippen LogP contribution in [0.1, 0.15) is 37.5 Å². The maximum Gasteiger partial charge on any atom is 0.331 e. The first-order valence-corrected chi connectivity index (χ1v) is 6.87. The Morgan fingerprint density at radius 1 is 1.55 bits per heavy atom. The van der Waals surface area contributed by atoms with E-state index in [4.69, 9.17) is 14.6 Å². The van der Waals surface area contributed by atoms with Gasteiger partial charge in [-0.2, -0.15) is 0 Å². The third-order valence-corrected chi connectivity index (χ3v) is 3.35. The van der Waals surface area contributed by atoms with Crippen LogP contribution >= 0.6 is 0 Å². The molecule has 0 aliphatic carbocycles. The molecule has 4 heteroatoms. The minimum Gasteiger partial charge on any atom is -0.478 e. The van der Waals surface area contributed by atoms with E-state index in [1.807, 2.05) is 38.1 Å². The Balaban J connectivity index is 2.17. The average molecular weight is 276 g/mol. The molecular formula is C16H20O4. The molecule has 0 bridgehead atoms. The van der Waals surface area contributed by atoms with Gasteiger partial charge in [-0.15, -0.1) is 0 Å². The molecule has 1 heterocycles. The lowest BCUT2D eigenvalue weighted by Crippen LogP contribution is -2.07. The highest BCUT2D eigenvalue weighted by Crippen LogP contribution is 2.25. The number of hydrogen-bond donors (Lipinski definition) is 1. The van der Waals surface area contributed by atoms with Crippen LogP contribution in [0.5, 0.6) is 0 Å². The van der Waals surface area contributed by atoms with Crippen LogP contribution in [0.25, 0.3) is 6.08 Å². The second kappa shape index (κ2) is 6.68. The molecule has 4 nitrogen and oxygen atoms in total. The predicted molar refractivity (Wildman–Crippen MR) is 76.5 cm³/mol. The van der Waals surface area contributed by atoms with Crippen LogP contribution in [0.3, 0.4) is 0 Å². The van der Waals surface area contributed by atoms with Gasteiger partial charge in [-0.1, -0.05) is 31.2 Å². The van der Waals surface area contributed by atoms with Crippen molar-refractivity contribution in [3.05, 3.63) is 41.0 Å². The van der Waals surface area contributed by atoms with Crippen molar-refractivity contribution in [1.82, 2.24) is 0 Å². The summed E-state index contributed by atoms with van der Waals surface area (Å²) in [5.74, 6) is -0.873. The molecule has 1 N–H and O–H groups in total. The van der Waals surface area contributed by atoms with Crippen LogP contribution in [0, 0.1) is 0 Å². The predicted octanol–water partition coefficient (Wildman–Crippen LogP) is 3.04. The molecule has 0 amide bonds. The molecule has 0 radical (unpaired) electrons. The van der Waals surface area contributed by atoms with E-state index in [-0.39, 0.29) is 12.2 Å². The Morgan fingerprint density at radius 3 is 2.85 bits per heavy atom. The fourth-order valence-corrected chi connectivity index (χ4v) is 2.02. The van der Waals surface area contributed by atoms with E-state index in [0.29, 0.717) is 18.6 Å². The fourth-order valence-electron chi connectivity index (χ4n) is 2.02. The van der Waals surface area contributed by atoms with Crippen molar-refractivity contribution in [2.24, 2.45) is 0 Å². The molecule has 1 aliphatic heterocycles. The SMILES string of the molecule is CCC(=Cc1ccccc1[C@@H](C)OCC1CO1)C(=O)O. The largest absolute Gasteiger partial charge is 0.478 e. The molecular weight excluding hydrogens is 256 g/mol. The number of rotatable bonds is 7. The molecule has 0 saturated carbocycles. The average Bonchev–Trinajstić information content (AvgIpc) is 3.26. The van der Waals surface area contributed by atoms with Gasteiger partial charge in [-0.05, 0) is 30.5 Å². The van der Waals surface area contributed by atoms with Crippen LogP contribution in [-0.4, -0.2) is 30.4 Å². The summed E-state index contributed by atoms with van der Waals surface area (Å²) in [4.78, 5) is 11.1. The van der Waals surface area contributed by atoms with Crippen molar-refractivity contribution in [2.45, 2.75) is 32.5 Å². The van der Waals surface area contributed by atoms with Gasteiger partial charge in [0.25, 0.3) is 0 Å². The Labute approximate surface area is 119 Å². The number of ether oxygens (including phenoxy) is 2. The molecule has 1 aromatic carbocycles. The Kier molecular flexibility index (Phi) is 4.93. The summed E-state index contributed by atoms with van der Waals surface area (Å²) in [5.41, 5.74) is 2.30. The molecule has 1 unspecified atom stereocenters. The van der Waals surface area contributed by atoms with Crippen LogP contribution in [0.15, 0.2) is 29.8 Å². The number of aliphatic carboxylic acids is 1. The smallest absolute Gasteiger partial charge is 0.331 e. The highest BCUT2D eigenvalue weighted by Gasteiger charge is 2.24. The van der Waals surface area contributed by atoms with Crippen molar-refractivity contribution >= 4 is 12.0 Å². The molecule has 2 rings (SSSR count). The molecule has 1 saturated heterocycles. The van der Waals surface area contributed by atoms with Crippen LogP contribution in [0.2, 0.25) is 0 Å². The van der Waals surface area contributed by atoms with E-state index in [9.17, 15) is 4.79 Å². The zero-order valence-electron chi connectivity index (χ0n) is 11.8. The zero-order valence-corrected chi connectivity index (χ0v) is 11.8. The molecule has 20 heavy (non-hydrogen) atoms. The zero-order chi connectivity index (χ0) is 14.5. The highest BCUT2D eigenvalue weighted by molar-refractivity contribution is 5.92. The first-order chi connectivity index (χ1) is 9.61. The molecule has 1 fully saturated rings. The highest BCUT2D eigenvalue weighted by atomic mass is 16.6. The van der Waals surface area contributed by atoms with Crippen molar-refractivity contribution in [3.8, 4) is 0 Å². The Bertz CT molecular complexity index is 503. The van der Waals surface area contributed by atoms with Gasteiger partial charge in [0.05, 0.1) is 19.3 Å². The van der Waals surface area contributed by atoms with Crippen molar-refractivity contribution in [3.63, 3.8) is 0 Å². The first kappa shape index (κ1) is 14.8. The number of carboxylic acids is 1. The van der Waals surface area contributed by atoms with E-state index >= 15 is 0 Å². The molecule has 1 aliphatic rings. The summed E-state index contributed by atoms with van der Waals surface area (Å²) in [7, 11) is 0. The number of carbonyl (C=O) groups is 1. The van der Waals surface area contributed by atoms with Crippen LogP contribution in [-0.2, 0) is 14.3 Å². The van der Waals surface area contributed by atoms with Crippen molar-refractivity contribution < 1.29 is 19.4 Å². The van der Waals surface area contributed by atoms with Crippen molar-refractivity contribution in [1.29, 1.82) is 0 Å². The number of hydrogen-bond acceptors (Lipinski definition) is 3. The van der Waals surface area contributed by atoms with E-state index < -0.39 is 5.97 Å². The summed E-state index contributed by atoms with van der Waals surface area (Å²) in [6.07, 6.45) is 2.36. The normalized spacial score (nSPS) is 19.7. The van der Waals surface area contributed by atoms with Gasteiger partial charge in [-0.25, -0.2) is 4.79 Å². The molecule has 1 aromatic rings. The summed E-state index contributed by atoms with van der Waals surface area (Å²) in [5, 5.41) is 9.13. The molecule has 0 spiro atoms. The lowest BCUT2D eigenvalue weighted by Gasteiger charge is -2.15. The second-order valence-electron chi connectivity index (χ2n) is 4.89. The quantitative estimate of drug-likeness (QED) is 0.614. The Hall–Kier alpha value is -1.65. The third kappa shape index (κ3) is 3.92. The van der Waals surface area contributed by atoms with Gasteiger partial charge in [0, 0.05) is 5.57 Å². The topological polar surface area (TPSA) is 59.1 Å². The molecule has 2 atom stereocenters. The van der Waals surface area contributed by atoms with E-state index in [0.717, 1.165) is 17.7 Å². The van der Waals surface area contributed by atoms with Gasteiger partial charge in [0.2, 0.25) is 0 Å². The standard InChI is InChI=1S/C16H20O4/c1-3-12(16(17)18)8-13-6-4-5-7-15(13)11(2)19-9-14-10-20-14/h4-8,11,14H,3,9-10H2,1-2H3,(H,17,18)/t11-,14?/m1/s1. The summed E-state index contributed by atoms with van der Waals surface area (Å²) < 4.78 is 10.9. The van der Waals surface area contributed by atoms with Gasteiger partial charge >= 0.3 is 5.97 Å². The number of carboxylic acid groups (broad SMARTS) is 1. The van der Waals surface area contributed by atoms with Crippen LogP contribution < -0.4 is 0 Å². The maximum absolute atomic E-state index is 11.1. The molecule has 0 aromatic heterocycles. The second-order valence-corrected chi connectivity index (χ2v) is 4.89. The summed E-state index contributed by atoms with van der Waals surface area (Å²) >= 11 is 0. The minimum atomic E-state index is -0.873. The van der Waals surface area contributed by atoms with Crippen molar-refractivity contribution in [2.75, 3.05) is 13.2 Å². The Morgan fingerprint density at radius 2 is 2.25 bits per heavy atom. The number of epoxide rings is 1. The van der Waals surface area contributed by atoms with E-state index in [1.165, 1.54) is 0 Å². The van der Waals surface area contributed by atoms with Gasteiger partial charge in [0.1, 0.15) is 6.10 Å². The summed E-state index contributed by atoms with van der Waals surface area (Å²) in [6.45, 7) is 5.17. The number of benzene rings is 1. The van der Waals surface area contributed by atoms with Gasteiger partial charge < -0.3 is 14.6 Å². The van der Waals surface area contributed by atoms with Gasteiger partial charge in [0.15, 0.2) is 0 Å². The fraction of sp³-hybridized carbons (Fsp3) is 0.438. The maximum atomic E-state index is 11.1. The van der Waals surface area contributed by atoms with E-state index in [2.05, 4.69) is 0 Å². The van der Waals surface area contributed by atoms with E-state index in [1.54, 1.807) is 6.08 Å². The lowest BCUT2D eigenvalue weighted by atomic mass is 10.00. The van der Waals surface area contributed by atoms with Gasteiger partial charge in [-0.3, -0.25) is 0 Å². The first-order valence-electron chi connectivity index (χ1n) is 6.87. The monoisotopic (exact) mass is 276 g/mol. The molecule has 108 valence electrons. The minimum absolute atomic E-state index is 0.0847. The third-order valence-electron chi connectivity index (χ3n) is 3.35. The summed E-state index contributed by atoms with van der Waals surface area (Å²) in [6, 6.07) is 7.73. The lowest BCUT2D eigenvalue weighted by molar-refractivity contribution is -0.132. The van der Waals surface area contributed by atoms with Crippen LogP contribution in [0.4, 0.5) is 0 Å².